The zero-order chi connectivity index (χ0) is 26.4. The Kier molecular flexibility index (Phi) is 4.31. The van der Waals surface area contributed by atoms with Crippen molar-refractivity contribution in [3.05, 3.63) is 130 Å². The smallest absolute Gasteiger partial charge is 0.216 e. The molecule has 0 aliphatic heterocycles. The Morgan fingerprint density at radius 1 is 0.895 bits per heavy atom. The molecule has 4 aliphatic rings. The number of aromatic nitrogens is 1. The molecule has 3 heteroatoms. The number of pyridine rings is 1. The fourth-order valence-corrected chi connectivity index (χ4v) is 7.01. The van der Waals surface area contributed by atoms with E-state index in [2.05, 4.69) is 66.1 Å². The molecule has 0 radical (unpaired) electrons. The molecule has 38 heavy (non-hydrogen) atoms. The van der Waals surface area contributed by atoms with E-state index in [-0.39, 0.29) is 17.7 Å². The first-order valence-electron chi connectivity index (χ1n) is 13.8. The van der Waals surface area contributed by atoms with Crippen LogP contribution in [0.15, 0.2) is 118 Å². The molecule has 4 aliphatic carbocycles. The van der Waals surface area contributed by atoms with Gasteiger partial charge in [0.15, 0.2) is 6.20 Å². The minimum absolute atomic E-state index is 0.138. The SMILES string of the molecule is [2H]C1=C2C=CC=C3CCC4=CC=CC(=C1c1c(F)ccc5c1oc1c(-c6cccc[n+]6C)c(C)ccc15)C4C32. The molecule has 0 saturated heterocycles. The van der Waals surface area contributed by atoms with Crippen molar-refractivity contribution < 1.29 is 14.7 Å². The average molecular weight is 498 g/mol. The lowest BCUT2D eigenvalue weighted by atomic mass is 9.60. The van der Waals surface area contributed by atoms with Crippen molar-refractivity contribution in [2.45, 2.75) is 19.8 Å². The highest BCUT2D eigenvalue weighted by molar-refractivity contribution is 6.13. The first-order chi connectivity index (χ1) is 19.0. The molecule has 0 bridgehead atoms. The second kappa shape index (κ2) is 7.88. The summed E-state index contributed by atoms with van der Waals surface area (Å²) in [6.07, 6.45) is 16.7. The summed E-state index contributed by atoms with van der Waals surface area (Å²) in [5.41, 5.74) is 10.2. The maximum absolute atomic E-state index is 16.1. The highest BCUT2D eigenvalue weighted by atomic mass is 19.1. The van der Waals surface area contributed by atoms with Gasteiger partial charge in [-0.2, -0.15) is 0 Å². The lowest BCUT2D eigenvalue weighted by molar-refractivity contribution is -0.660. The van der Waals surface area contributed by atoms with E-state index >= 15 is 4.39 Å². The van der Waals surface area contributed by atoms with Gasteiger partial charge in [0.1, 0.15) is 24.0 Å². The topological polar surface area (TPSA) is 17.0 Å². The van der Waals surface area contributed by atoms with Crippen molar-refractivity contribution in [3.63, 3.8) is 0 Å². The van der Waals surface area contributed by atoms with E-state index in [0.29, 0.717) is 22.8 Å². The Labute approximate surface area is 222 Å². The maximum atomic E-state index is 16.1. The van der Waals surface area contributed by atoms with Crippen LogP contribution in [0.2, 0.25) is 0 Å². The predicted octanol–water partition coefficient (Wildman–Crippen LogP) is 8.24. The number of hydrogen-bond donors (Lipinski definition) is 0. The predicted molar refractivity (Wildman–Crippen MR) is 151 cm³/mol. The van der Waals surface area contributed by atoms with Crippen LogP contribution in [0, 0.1) is 24.6 Å². The number of fused-ring (bicyclic) bond motifs is 3. The molecular formula is C35H27FNO+. The molecule has 0 spiro atoms. The summed E-state index contributed by atoms with van der Waals surface area (Å²) in [5, 5.41) is 1.82. The Morgan fingerprint density at radius 2 is 1.63 bits per heavy atom. The van der Waals surface area contributed by atoms with Gasteiger partial charge in [-0.1, -0.05) is 59.7 Å². The summed E-state index contributed by atoms with van der Waals surface area (Å²) in [4.78, 5) is 0. The zero-order valence-electron chi connectivity index (χ0n) is 22.4. The highest BCUT2D eigenvalue weighted by Gasteiger charge is 2.41. The van der Waals surface area contributed by atoms with E-state index in [1.165, 1.54) is 11.1 Å². The first-order valence-corrected chi connectivity index (χ1v) is 13.3. The van der Waals surface area contributed by atoms with Gasteiger partial charge in [0.2, 0.25) is 5.69 Å². The molecule has 184 valence electrons. The van der Waals surface area contributed by atoms with Crippen molar-refractivity contribution >= 4 is 27.5 Å². The Balaban J connectivity index is 1.46. The van der Waals surface area contributed by atoms with Crippen molar-refractivity contribution in [1.82, 2.24) is 0 Å². The summed E-state index contributed by atoms with van der Waals surface area (Å²) in [7, 11) is 2.02. The van der Waals surface area contributed by atoms with E-state index in [1.807, 2.05) is 31.4 Å². The number of aryl methyl sites for hydroxylation is 2. The Morgan fingerprint density at radius 3 is 2.45 bits per heavy atom. The van der Waals surface area contributed by atoms with Crippen LogP contribution < -0.4 is 4.57 Å². The van der Waals surface area contributed by atoms with Crippen molar-refractivity contribution in [2.75, 3.05) is 0 Å². The number of allylic oxidation sites excluding steroid dienone is 12. The first kappa shape index (κ1) is 20.8. The van der Waals surface area contributed by atoms with Crippen molar-refractivity contribution in [3.8, 4) is 11.3 Å². The summed E-state index contributed by atoms with van der Waals surface area (Å²) < 4.78 is 34.3. The van der Waals surface area contributed by atoms with Gasteiger partial charge in [-0.25, -0.2) is 8.96 Å². The number of benzene rings is 2. The zero-order valence-corrected chi connectivity index (χ0v) is 21.4. The maximum Gasteiger partial charge on any atom is 0.216 e. The van der Waals surface area contributed by atoms with Crippen LogP contribution in [-0.2, 0) is 7.05 Å². The summed E-state index contributed by atoms with van der Waals surface area (Å²) >= 11 is 0. The quantitative estimate of drug-likeness (QED) is 0.255. The number of hydrogen-bond acceptors (Lipinski definition) is 1. The lowest BCUT2D eigenvalue weighted by Crippen LogP contribution is -2.31. The fraction of sp³-hybridized carbons (Fsp3) is 0.171. The molecule has 8 rings (SSSR count). The third-order valence-electron chi connectivity index (χ3n) is 8.76. The molecule has 4 aromatic rings. The molecule has 0 amide bonds. The molecule has 2 aromatic heterocycles. The standard InChI is InChI=1S/C35H27FNO/c1-20-12-15-25-26-16-17-28(36)33(35(26)38-34(25)30(20)29-11-3-4-18-37(29)2)27-19-23-9-5-7-21-13-14-22-8-6-10-24(27)32(22)31(21)23/h3-12,15-19,31-32H,13-14H2,1-2H3/q+1/i19D. The van der Waals surface area contributed by atoms with Gasteiger partial charge in [-0.05, 0) is 66.3 Å². The molecule has 2 unspecified atom stereocenters. The Bertz CT molecular complexity index is 1960. The number of rotatable bonds is 2. The molecule has 2 atom stereocenters. The van der Waals surface area contributed by atoms with E-state index in [9.17, 15) is 1.37 Å². The van der Waals surface area contributed by atoms with Gasteiger partial charge in [-0.3, -0.25) is 0 Å². The van der Waals surface area contributed by atoms with E-state index in [4.69, 9.17) is 4.42 Å². The van der Waals surface area contributed by atoms with Gasteiger partial charge in [0, 0.05) is 34.7 Å². The van der Waals surface area contributed by atoms with Crippen LogP contribution >= 0.6 is 0 Å². The highest BCUT2D eigenvalue weighted by Crippen LogP contribution is 2.54. The summed E-state index contributed by atoms with van der Waals surface area (Å²) in [5.74, 6) is -0.0528. The molecule has 2 aromatic carbocycles. The summed E-state index contributed by atoms with van der Waals surface area (Å²) in [6.45, 7) is 2.08. The minimum Gasteiger partial charge on any atom is -0.454 e. The second-order valence-corrected chi connectivity index (χ2v) is 10.8. The molecular weight excluding hydrogens is 469 g/mol. The summed E-state index contributed by atoms with van der Waals surface area (Å²) in [6, 6.07) is 14.1. The molecule has 2 heterocycles. The van der Waals surface area contributed by atoms with Crippen molar-refractivity contribution in [2.24, 2.45) is 18.9 Å². The monoisotopic (exact) mass is 497 g/mol. The Hall–Kier alpha value is -4.24. The van der Waals surface area contributed by atoms with Crippen LogP contribution in [0.1, 0.15) is 25.3 Å². The number of halogens is 1. The normalized spacial score (nSPS) is 22.1. The number of nitrogens with zero attached hydrogens (tertiary/aromatic N) is 1. The van der Waals surface area contributed by atoms with Crippen molar-refractivity contribution in [1.29, 1.82) is 0 Å². The van der Waals surface area contributed by atoms with Crippen LogP contribution in [0.4, 0.5) is 4.39 Å². The van der Waals surface area contributed by atoms with Gasteiger partial charge in [0.25, 0.3) is 0 Å². The van der Waals surface area contributed by atoms with Crippen LogP contribution in [0.5, 0.6) is 0 Å². The van der Waals surface area contributed by atoms with Crippen LogP contribution in [0.3, 0.4) is 0 Å². The van der Waals surface area contributed by atoms with Gasteiger partial charge >= 0.3 is 0 Å². The molecule has 2 nitrogen and oxygen atoms in total. The van der Waals surface area contributed by atoms with Gasteiger partial charge in [0.05, 0.1) is 12.5 Å². The number of furan rings is 1. The van der Waals surface area contributed by atoms with Crippen LogP contribution in [-0.4, -0.2) is 0 Å². The van der Waals surface area contributed by atoms with Gasteiger partial charge in [-0.15, -0.1) is 0 Å². The third-order valence-corrected chi connectivity index (χ3v) is 8.76. The largest absolute Gasteiger partial charge is 0.454 e. The molecule has 1 saturated carbocycles. The van der Waals surface area contributed by atoms with Gasteiger partial charge < -0.3 is 4.42 Å². The fourth-order valence-electron chi connectivity index (χ4n) is 7.01. The molecule has 1 fully saturated rings. The second-order valence-electron chi connectivity index (χ2n) is 10.8. The van der Waals surface area contributed by atoms with E-state index in [0.717, 1.165) is 57.2 Å². The molecule has 0 N–H and O–H groups in total. The average Bonchev–Trinajstić information content (AvgIpc) is 3.32. The van der Waals surface area contributed by atoms with E-state index in [1.54, 1.807) is 6.07 Å². The third kappa shape index (κ3) is 2.90. The lowest BCUT2D eigenvalue weighted by Gasteiger charge is -2.43. The van der Waals surface area contributed by atoms with E-state index < -0.39 is 0 Å². The van der Waals surface area contributed by atoms with Crippen LogP contribution in [0.25, 0.3) is 38.8 Å². The minimum atomic E-state index is -0.354.